The number of piperidine rings is 1. The molecule has 1 aliphatic rings. The van der Waals surface area contributed by atoms with Gasteiger partial charge in [-0.2, -0.15) is 0 Å². The Labute approximate surface area is 183 Å². The highest BCUT2D eigenvalue weighted by molar-refractivity contribution is 7.89. The van der Waals surface area contributed by atoms with Crippen molar-refractivity contribution in [1.29, 1.82) is 0 Å². The summed E-state index contributed by atoms with van der Waals surface area (Å²) in [5.41, 5.74) is 1.71. The Morgan fingerprint density at radius 2 is 1.77 bits per heavy atom. The smallest absolute Gasteiger partial charge is 0.240 e. The van der Waals surface area contributed by atoms with Gasteiger partial charge in [0.15, 0.2) is 0 Å². The van der Waals surface area contributed by atoms with Crippen molar-refractivity contribution in [3.8, 4) is 0 Å². The molecule has 2 aromatic rings. The number of hydrogen-bond acceptors (Lipinski definition) is 4. The van der Waals surface area contributed by atoms with Crippen molar-refractivity contribution in [1.82, 2.24) is 9.62 Å². The third-order valence-corrected chi connectivity index (χ3v) is 7.20. The predicted molar refractivity (Wildman–Crippen MR) is 120 cm³/mol. The summed E-state index contributed by atoms with van der Waals surface area (Å²) < 4.78 is 27.9. The van der Waals surface area contributed by atoms with Crippen LogP contribution in [0.2, 0.25) is 5.02 Å². The van der Waals surface area contributed by atoms with Crippen LogP contribution in [-0.4, -0.2) is 38.9 Å². The van der Waals surface area contributed by atoms with Gasteiger partial charge in [-0.3, -0.25) is 9.69 Å². The van der Waals surface area contributed by atoms with E-state index in [2.05, 4.69) is 14.9 Å². The largest absolute Gasteiger partial charge is 0.326 e. The van der Waals surface area contributed by atoms with Gasteiger partial charge < -0.3 is 5.32 Å². The van der Waals surface area contributed by atoms with E-state index in [-0.39, 0.29) is 10.8 Å². The molecule has 0 saturated carbocycles. The van der Waals surface area contributed by atoms with Gasteiger partial charge in [-0.1, -0.05) is 36.7 Å². The van der Waals surface area contributed by atoms with Gasteiger partial charge in [-0.05, 0) is 67.7 Å². The van der Waals surface area contributed by atoms with Gasteiger partial charge in [0, 0.05) is 30.2 Å². The fourth-order valence-electron chi connectivity index (χ4n) is 3.49. The number of amides is 1. The third-order valence-electron chi connectivity index (χ3n) is 5.39. The molecule has 1 aliphatic heterocycles. The van der Waals surface area contributed by atoms with E-state index in [9.17, 15) is 13.2 Å². The summed E-state index contributed by atoms with van der Waals surface area (Å²) in [6, 6.07) is 14.1. The van der Waals surface area contributed by atoms with E-state index in [0.717, 1.165) is 43.1 Å². The first-order valence-corrected chi connectivity index (χ1v) is 12.1. The average Bonchev–Trinajstić information content (AvgIpc) is 2.75. The van der Waals surface area contributed by atoms with Crippen molar-refractivity contribution < 1.29 is 13.2 Å². The molecule has 0 radical (unpaired) electrons. The Kier molecular flexibility index (Phi) is 7.88. The van der Waals surface area contributed by atoms with Gasteiger partial charge in [0.1, 0.15) is 0 Å². The molecule has 0 aliphatic carbocycles. The van der Waals surface area contributed by atoms with E-state index >= 15 is 0 Å². The molecule has 0 spiro atoms. The predicted octanol–water partition coefficient (Wildman–Crippen LogP) is 3.88. The second kappa shape index (κ2) is 10.4. The second-order valence-electron chi connectivity index (χ2n) is 7.59. The summed E-state index contributed by atoms with van der Waals surface area (Å²) in [4.78, 5) is 14.0. The summed E-state index contributed by atoms with van der Waals surface area (Å²) in [5.74, 6) is 0.204. The topological polar surface area (TPSA) is 78.5 Å². The molecule has 8 heteroatoms. The Morgan fingerprint density at radius 3 is 2.40 bits per heavy atom. The van der Waals surface area contributed by atoms with Crippen LogP contribution in [0.4, 0.5) is 5.69 Å². The lowest BCUT2D eigenvalue weighted by Gasteiger charge is -2.32. The number of nitrogens with zero attached hydrogens (tertiary/aromatic N) is 1. The van der Waals surface area contributed by atoms with Crippen molar-refractivity contribution in [3.05, 3.63) is 59.1 Å². The number of sulfonamides is 1. The highest BCUT2D eigenvalue weighted by Crippen LogP contribution is 2.22. The lowest BCUT2D eigenvalue weighted by atomic mass is 9.97. The van der Waals surface area contributed by atoms with Crippen LogP contribution in [0.5, 0.6) is 0 Å². The quantitative estimate of drug-likeness (QED) is 0.641. The zero-order chi connectivity index (χ0) is 21.6. The highest BCUT2D eigenvalue weighted by Gasteiger charge is 2.22. The van der Waals surface area contributed by atoms with Crippen LogP contribution in [0, 0.1) is 5.92 Å². The van der Waals surface area contributed by atoms with Gasteiger partial charge in [0.05, 0.1) is 4.90 Å². The summed E-state index contributed by atoms with van der Waals surface area (Å²) in [6.45, 7) is 4.85. The van der Waals surface area contributed by atoms with E-state index in [1.54, 1.807) is 19.1 Å². The highest BCUT2D eigenvalue weighted by atomic mass is 35.5. The standard InChI is InChI=1S/C22H28ClN3O3S/c1-2-22(27)25-19-7-9-20(10-8-19)30(28,29)24-15-17-11-13-26(14-12-17)16-18-5-3-4-6-21(18)23/h3-10,17,24H,2,11-16H2,1H3,(H,25,27). The van der Waals surface area contributed by atoms with Crippen LogP contribution in [0.25, 0.3) is 0 Å². The molecule has 1 amide bonds. The van der Waals surface area contributed by atoms with Crippen LogP contribution in [-0.2, 0) is 21.4 Å². The van der Waals surface area contributed by atoms with Crippen molar-refractivity contribution in [2.45, 2.75) is 37.6 Å². The molecule has 1 saturated heterocycles. The summed E-state index contributed by atoms with van der Waals surface area (Å²) in [6.07, 6.45) is 2.25. The van der Waals surface area contributed by atoms with Crippen LogP contribution >= 0.6 is 11.6 Å². The number of nitrogens with one attached hydrogen (secondary N) is 2. The van der Waals surface area contributed by atoms with Crippen molar-refractivity contribution in [2.24, 2.45) is 5.92 Å². The number of anilines is 1. The lowest BCUT2D eigenvalue weighted by molar-refractivity contribution is -0.115. The molecule has 1 heterocycles. The minimum Gasteiger partial charge on any atom is -0.326 e. The maximum atomic E-state index is 12.6. The molecule has 1 fully saturated rings. The van der Waals surface area contributed by atoms with Crippen LogP contribution < -0.4 is 10.0 Å². The second-order valence-corrected chi connectivity index (χ2v) is 9.76. The number of hydrogen-bond donors (Lipinski definition) is 2. The first kappa shape index (κ1) is 22.7. The normalized spacial score (nSPS) is 15.8. The molecule has 3 rings (SSSR count). The monoisotopic (exact) mass is 449 g/mol. The Morgan fingerprint density at radius 1 is 1.10 bits per heavy atom. The van der Waals surface area contributed by atoms with Gasteiger partial charge in [-0.25, -0.2) is 13.1 Å². The summed E-state index contributed by atoms with van der Waals surface area (Å²) in [5, 5.41) is 3.50. The number of benzene rings is 2. The van der Waals surface area contributed by atoms with E-state index in [1.807, 2.05) is 24.3 Å². The Bertz CT molecular complexity index is 956. The van der Waals surface area contributed by atoms with Gasteiger partial charge in [0.25, 0.3) is 0 Å². The maximum Gasteiger partial charge on any atom is 0.240 e. The van der Waals surface area contributed by atoms with E-state index in [0.29, 0.717) is 24.6 Å². The molecular weight excluding hydrogens is 422 g/mol. The fourth-order valence-corrected chi connectivity index (χ4v) is 4.81. The molecule has 0 unspecified atom stereocenters. The Hall–Kier alpha value is -1.93. The number of likely N-dealkylation sites (tertiary alicyclic amines) is 1. The van der Waals surface area contributed by atoms with E-state index < -0.39 is 10.0 Å². The maximum absolute atomic E-state index is 12.6. The van der Waals surface area contributed by atoms with Gasteiger partial charge in [0.2, 0.25) is 15.9 Å². The fraction of sp³-hybridized carbons (Fsp3) is 0.409. The number of rotatable bonds is 8. The minimum absolute atomic E-state index is 0.107. The molecule has 0 bridgehead atoms. The SMILES string of the molecule is CCC(=O)Nc1ccc(S(=O)(=O)NCC2CCN(Cc3ccccc3Cl)CC2)cc1. The van der Waals surface area contributed by atoms with Crippen LogP contribution in [0.1, 0.15) is 31.7 Å². The zero-order valence-electron chi connectivity index (χ0n) is 17.1. The molecule has 2 aromatic carbocycles. The summed E-state index contributed by atoms with van der Waals surface area (Å²) in [7, 11) is -3.57. The molecule has 162 valence electrons. The van der Waals surface area contributed by atoms with E-state index in [1.165, 1.54) is 12.1 Å². The number of carbonyl (C=O) groups is 1. The van der Waals surface area contributed by atoms with Gasteiger partial charge in [-0.15, -0.1) is 0 Å². The molecule has 0 aromatic heterocycles. The van der Waals surface area contributed by atoms with Gasteiger partial charge >= 0.3 is 0 Å². The minimum atomic E-state index is -3.57. The van der Waals surface area contributed by atoms with Crippen LogP contribution in [0.3, 0.4) is 0 Å². The first-order chi connectivity index (χ1) is 14.4. The lowest BCUT2D eigenvalue weighted by Crippen LogP contribution is -2.38. The molecule has 0 atom stereocenters. The van der Waals surface area contributed by atoms with Crippen molar-refractivity contribution in [2.75, 3.05) is 25.0 Å². The van der Waals surface area contributed by atoms with Crippen LogP contribution in [0.15, 0.2) is 53.4 Å². The first-order valence-electron chi connectivity index (χ1n) is 10.2. The Balaban J connectivity index is 1.47. The third kappa shape index (κ3) is 6.28. The zero-order valence-corrected chi connectivity index (χ0v) is 18.7. The number of halogens is 1. The van der Waals surface area contributed by atoms with Crippen molar-refractivity contribution >= 4 is 33.2 Å². The van der Waals surface area contributed by atoms with Crippen molar-refractivity contribution in [3.63, 3.8) is 0 Å². The molecule has 30 heavy (non-hydrogen) atoms. The number of carbonyl (C=O) groups excluding carboxylic acids is 1. The summed E-state index contributed by atoms with van der Waals surface area (Å²) >= 11 is 6.25. The molecule has 6 nitrogen and oxygen atoms in total. The van der Waals surface area contributed by atoms with E-state index in [4.69, 9.17) is 11.6 Å². The molecular formula is C22H28ClN3O3S. The average molecular weight is 450 g/mol. The molecule has 2 N–H and O–H groups in total.